The Kier molecular flexibility index (Phi) is 6.02. The molecule has 0 spiro atoms. The van der Waals surface area contributed by atoms with Crippen LogP contribution in [0.5, 0.6) is 5.75 Å². The zero-order valence-electron chi connectivity index (χ0n) is 14.2. The summed E-state index contributed by atoms with van der Waals surface area (Å²) in [6, 6.07) is 7.59. The normalized spacial score (nSPS) is 17.7. The minimum Gasteiger partial charge on any atom is -0.497 e. The molecule has 0 aliphatic carbocycles. The minimum absolute atomic E-state index is 0.0405. The average Bonchev–Trinajstić information content (AvgIpc) is 2.92. The summed E-state index contributed by atoms with van der Waals surface area (Å²) in [7, 11) is 1.62. The van der Waals surface area contributed by atoms with Crippen LogP contribution in [0.15, 0.2) is 24.3 Å². The molecular formula is C18H26N2O3. The van der Waals surface area contributed by atoms with Gasteiger partial charge in [0.15, 0.2) is 0 Å². The van der Waals surface area contributed by atoms with Crippen molar-refractivity contribution in [2.24, 2.45) is 11.8 Å². The predicted octanol–water partition coefficient (Wildman–Crippen LogP) is 2.21. The van der Waals surface area contributed by atoms with Gasteiger partial charge in [0.25, 0.3) is 0 Å². The SMILES string of the molecule is COc1ccc(CNC(=O)C2CC(=O)N(CCC(C)C)C2)cc1. The lowest BCUT2D eigenvalue weighted by atomic mass is 10.1. The molecule has 1 saturated heterocycles. The van der Waals surface area contributed by atoms with E-state index in [4.69, 9.17) is 4.74 Å². The highest BCUT2D eigenvalue weighted by atomic mass is 16.5. The van der Waals surface area contributed by atoms with Crippen molar-refractivity contribution < 1.29 is 14.3 Å². The maximum Gasteiger partial charge on any atom is 0.225 e. The topological polar surface area (TPSA) is 58.6 Å². The molecule has 1 fully saturated rings. The van der Waals surface area contributed by atoms with E-state index in [9.17, 15) is 9.59 Å². The van der Waals surface area contributed by atoms with Gasteiger partial charge in [-0.2, -0.15) is 0 Å². The Labute approximate surface area is 138 Å². The van der Waals surface area contributed by atoms with E-state index in [1.165, 1.54) is 0 Å². The summed E-state index contributed by atoms with van der Waals surface area (Å²) in [5.74, 6) is 1.18. The number of nitrogens with one attached hydrogen (secondary N) is 1. The van der Waals surface area contributed by atoms with Crippen molar-refractivity contribution in [1.82, 2.24) is 10.2 Å². The second kappa shape index (κ2) is 7.99. The molecule has 1 aromatic rings. The van der Waals surface area contributed by atoms with Crippen LogP contribution < -0.4 is 10.1 Å². The summed E-state index contributed by atoms with van der Waals surface area (Å²) in [6.45, 7) is 6.04. The van der Waals surface area contributed by atoms with Crippen molar-refractivity contribution in [3.8, 4) is 5.75 Å². The first kappa shape index (κ1) is 17.3. The third-order valence-corrected chi connectivity index (χ3v) is 4.19. The van der Waals surface area contributed by atoms with Gasteiger partial charge in [0.05, 0.1) is 13.0 Å². The molecule has 5 heteroatoms. The summed E-state index contributed by atoms with van der Waals surface area (Å²) in [6.07, 6.45) is 1.30. The number of ether oxygens (including phenoxy) is 1. The zero-order chi connectivity index (χ0) is 16.8. The van der Waals surface area contributed by atoms with Gasteiger partial charge < -0.3 is 15.0 Å². The molecule has 0 radical (unpaired) electrons. The number of carbonyl (C=O) groups is 2. The molecular weight excluding hydrogens is 292 g/mol. The van der Waals surface area contributed by atoms with Crippen molar-refractivity contribution in [2.45, 2.75) is 33.2 Å². The largest absolute Gasteiger partial charge is 0.497 e. The van der Waals surface area contributed by atoms with E-state index in [0.717, 1.165) is 24.3 Å². The molecule has 2 rings (SSSR count). The molecule has 1 unspecified atom stereocenters. The molecule has 1 aliphatic rings. The number of methoxy groups -OCH3 is 1. The van der Waals surface area contributed by atoms with Crippen LogP contribution in [-0.2, 0) is 16.1 Å². The quantitative estimate of drug-likeness (QED) is 0.838. The number of hydrogen-bond acceptors (Lipinski definition) is 3. The van der Waals surface area contributed by atoms with Gasteiger partial charge in [0, 0.05) is 26.1 Å². The Bertz CT molecular complexity index is 540. The Morgan fingerprint density at radius 2 is 2.04 bits per heavy atom. The molecule has 5 nitrogen and oxygen atoms in total. The number of rotatable bonds is 7. The highest BCUT2D eigenvalue weighted by Crippen LogP contribution is 2.19. The lowest BCUT2D eigenvalue weighted by molar-refractivity contribution is -0.129. The van der Waals surface area contributed by atoms with Crippen LogP contribution in [-0.4, -0.2) is 36.9 Å². The smallest absolute Gasteiger partial charge is 0.225 e. The number of hydrogen-bond donors (Lipinski definition) is 1. The first-order valence-electron chi connectivity index (χ1n) is 8.18. The van der Waals surface area contributed by atoms with Crippen LogP contribution in [0, 0.1) is 11.8 Å². The van der Waals surface area contributed by atoms with Gasteiger partial charge >= 0.3 is 0 Å². The highest BCUT2D eigenvalue weighted by Gasteiger charge is 2.33. The first-order chi connectivity index (χ1) is 11.0. The fourth-order valence-corrected chi connectivity index (χ4v) is 2.65. The van der Waals surface area contributed by atoms with Gasteiger partial charge in [-0.25, -0.2) is 0 Å². The number of carbonyl (C=O) groups excluding carboxylic acids is 2. The summed E-state index contributed by atoms with van der Waals surface area (Å²) in [5.41, 5.74) is 1.01. The van der Waals surface area contributed by atoms with E-state index in [2.05, 4.69) is 19.2 Å². The summed E-state index contributed by atoms with van der Waals surface area (Å²) in [4.78, 5) is 26.1. The second-order valence-corrected chi connectivity index (χ2v) is 6.49. The average molecular weight is 318 g/mol. The summed E-state index contributed by atoms with van der Waals surface area (Å²) >= 11 is 0. The number of likely N-dealkylation sites (tertiary alicyclic amines) is 1. The van der Waals surface area contributed by atoms with Gasteiger partial charge in [-0.05, 0) is 30.0 Å². The number of amides is 2. The first-order valence-corrected chi connectivity index (χ1v) is 8.18. The molecule has 1 aliphatic heterocycles. The molecule has 1 heterocycles. The lowest BCUT2D eigenvalue weighted by Crippen LogP contribution is -2.33. The fourth-order valence-electron chi connectivity index (χ4n) is 2.65. The molecule has 0 bridgehead atoms. The van der Waals surface area contributed by atoms with Crippen molar-refractivity contribution >= 4 is 11.8 Å². The Morgan fingerprint density at radius 1 is 1.35 bits per heavy atom. The van der Waals surface area contributed by atoms with Crippen LogP contribution in [0.1, 0.15) is 32.3 Å². The Balaban J connectivity index is 1.80. The maximum absolute atomic E-state index is 12.3. The predicted molar refractivity (Wildman–Crippen MR) is 89.0 cm³/mol. The van der Waals surface area contributed by atoms with Crippen LogP contribution in [0.3, 0.4) is 0 Å². The van der Waals surface area contributed by atoms with E-state index in [1.54, 1.807) is 7.11 Å². The zero-order valence-corrected chi connectivity index (χ0v) is 14.2. The third-order valence-electron chi connectivity index (χ3n) is 4.19. The maximum atomic E-state index is 12.3. The van der Waals surface area contributed by atoms with Crippen molar-refractivity contribution in [3.63, 3.8) is 0 Å². The van der Waals surface area contributed by atoms with E-state index in [0.29, 0.717) is 25.4 Å². The second-order valence-electron chi connectivity index (χ2n) is 6.49. The van der Waals surface area contributed by atoms with Crippen LogP contribution >= 0.6 is 0 Å². The van der Waals surface area contributed by atoms with E-state index < -0.39 is 0 Å². The molecule has 23 heavy (non-hydrogen) atoms. The number of benzene rings is 1. The molecule has 1 atom stereocenters. The van der Waals surface area contributed by atoms with Crippen molar-refractivity contribution in [3.05, 3.63) is 29.8 Å². The number of nitrogens with zero attached hydrogens (tertiary/aromatic N) is 1. The Morgan fingerprint density at radius 3 is 2.65 bits per heavy atom. The Hall–Kier alpha value is -2.04. The highest BCUT2D eigenvalue weighted by molar-refractivity contribution is 5.89. The van der Waals surface area contributed by atoms with Gasteiger partial charge in [-0.15, -0.1) is 0 Å². The van der Waals surface area contributed by atoms with Gasteiger partial charge in [-0.1, -0.05) is 26.0 Å². The van der Waals surface area contributed by atoms with Crippen LogP contribution in [0.2, 0.25) is 0 Å². The molecule has 2 amide bonds. The molecule has 1 aromatic carbocycles. The van der Waals surface area contributed by atoms with Crippen LogP contribution in [0.25, 0.3) is 0 Å². The van der Waals surface area contributed by atoms with E-state index in [-0.39, 0.29) is 17.7 Å². The molecule has 0 aromatic heterocycles. The monoisotopic (exact) mass is 318 g/mol. The van der Waals surface area contributed by atoms with Crippen molar-refractivity contribution in [2.75, 3.05) is 20.2 Å². The lowest BCUT2D eigenvalue weighted by Gasteiger charge is -2.17. The van der Waals surface area contributed by atoms with Gasteiger partial charge in [0.2, 0.25) is 11.8 Å². The van der Waals surface area contributed by atoms with Crippen molar-refractivity contribution in [1.29, 1.82) is 0 Å². The fraction of sp³-hybridized carbons (Fsp3) is 0.556. The summed E-state index contributed by atoms with van der Waals surface area (Å²) in [5, 5.41) is 2.93. The molecule has 126 valence electrons. The van der Waals surface area contributed by atoms with Gasteiger partial charge in [-0.3, -0.25) is 9.59 Å². The standard InChI is InChI=1S/C18H26N2O3/c1-13(2)8-9-20-12-15(10-17(20)21)18(22)19-11-14-4-6-16(23-3)7-5-14/h4-7,13,15H,8-12H2,1-3H3,(H,19,22). The van der Waals surface area contributed by atoms with E-state index in [1.807, 2.05) is 29.2 Å². The van der Waals surface area contributed by atoms with E-state index >= 15 is 0 Å². The van der Waals surface area contributed by atoms with Crippen LogP contribution in [0.4, 0.5) is 0 Å². The molecule has 0 saturated carbocycles. The minimum atomic E-state index is -0.229. The molecule has 1 N–H and O–H groups in total. The summed E-state index contributed by atoms with van der Waals surface area (Å²) < 4.78 is 5.11. The van der Waals surface area contributed by atoms with Gasteiger partial charge in [0.1, 0.15) is 5.75 Å². The third kappa shape index (κ3) is 4.98.